The number of nitrogen functional groups attached to an aromatic ring is 1. The predicted octanol–water partition coefficient (Wildman–Crippen LogP) is 3.32. The van der Waals surface area contributed by atoms with Crippen LogP contribution in [-0.4, -0.2) is 9.78 Å². The molecule has 1 aromatic heterocycles. The zero-order chi connectivity index (χ0) is 14.2. The molecule has 1 aromatic carbocycles. The third-order valence-corrected chi connectivity index (χ3v) is 3.18. The lowest BCUT2D eigenvalue weighted by Crippen LogP contribution is -2.03. The molecule has 0 amide bonds. The van der Waals surface area contributed by atoms with Crippen molar-refractivity contribution in [3.63, 3.8) is 0 Å². The first-order chi connectivity index (χ1) is 8.91. The maximum Gasteiger partial charge on any atom is 0.152 e. The first-order valence-corrected chi connectivity index (χ1v) is 6.26. The molecule has 0 aliphatic heterocycles. The number of rotatable bonds is 3. The molecule has 0 aliphatic rings. The molecule has 0 saturated heterocycles. The molecule has 2 aromatic rings. The van der Waals surface area contributed by atoms with E-state index in [9.17, 15) is 4.39 Å². The number of nitrogens with one attached hydrogen (secondary N) is 1. The number of halogens is 1. The minimum Gasteiger partial charge on any atom is -0.394 e. The summed E-state index contributed by atoms with van der Waals surface area (Å²) < 4.78 is 15.2. The first kappa shape index (κ1) is 13.4. The molecule has 3 N–H and O–H groups in total. The SMILES string of the molecule is Cc1c(F)cccc1Nc1c(N)c(C(C)C)nn1C. The fourth-order valence-electron chi connectivity index (χ4n) is 2.01. The van der Waals surface area contributed by atoms with E-state index in [0.29, 0.717) is 22.8 Å². The molecular weight excluding hydrogens is 243 g/mol. The topological polar surface area (TPSA) is 55.9 Å². The Bertz CT molecular complexity index is 602. The number of benzene rings is 1. The van der Waals surface area contributed by atoms with Crippen molar-refractivity contribution in [2.45, 2.75) is 26.7 Å². The van der Waals surface area contributed by atoms with E-state index in [2.05, 4.69) is 10.4 Å². The van der Waals surface area contributed by atoms with Crippen molar-refractivity contribution in [3.05, 3.63) is 35.3 Å². The molecule has 4 nitrogen and oxygen atoms in total. The van der Waals surface area contributed by atoms with Gasteiger partial charge in [-0.25, -0.2) is 4.39 Å². The number of anilines is 3. The second-order valence-corrected chi connectivity index (χ2v) is 4.96. The van der Waals surface area contributed by atoms with Crippen molar-refractivity contribution in [2.24, 2.45) is 7.05 Å². The Morgan fingerprint density at radius 1 is 1.37 bits per heavy atom. The van der Waals surface area contributed by atoms with Crippen LogP contribution in [0.3, 0.4) is 0 Å². The molecular formula is C14H19FN4. The summed E-state index contributed by atoms with van der Waals surface area (Å²) in [6, 6.07) is 4.92. The van der Waals surface area contributed by atoms with Crippen LogP contribution >= 0.6 is 0 Å². The van der Waals surface area contributed by atoms with Crippen molar-refractivity contribution in [1.82, 2.24) is 9.78 Å². The van der Waals surface area contributed by atoms with E-state index in [1.807, 2.05) is 27.0 Å². The lowest BCUT2D eigenvalue weighted by Gasteiger charge is -2.11. The number of aromatic nitrogens is 2. The van der Waals surface area contributed by atoms with Gasteiger partial charge < -0.3 is 11.1 Å². The molecule has 2 rings (SSSR count). The Labute approximate surface area is 112 Å². The molecule has 0 fully saturated rings. The van der Waals surface area contributed by atoms with Crippen LogP contribution in [0.15, 0.2) is 18.2 Å². The van der Waals surface area contributed by atoms with E-state index in [1.54, 1.807) is 17.7 Å². The van der Waals surface area contributed by atoms with Crippen LogP contribution in [0, 0.1) is 12.7 Å². The fourth-order valence-corrected chi connectivity index (χ4v) is 2.01. The molecule has 0 unspecified atom stereocenters. The zero-order valence-electron chi connectivity index (χ0n) is 11.7. The summed E-state index contributed by atoms with van der Waals surface area (Å²) in [5, 5.41) is 7.55. The summed E-state index contributed by atoms with van der Waals surface area (Å²) >= 11 is 0. The third-order valence-electron chi connectivity index (χ3n) is 3.18. The van der Waals surface area contributed by atoms with E-state index >= 15 is 0 Å². The molecule has 1 heterocycles. The second kappa shape index (κ2) is 4.91. The van der Waals surface area contributed by atoms with Crippen molar-refractivity contribution < 1.29 is 4.39 Å². The molecule has 5 heteroatoms. The van der Waals surface area contributed by atoms with E-state index < -0.39 is 0 Å². The quantitative estimate of drug-likeness (QED) is 0.892. The van der Waals surface area contributed by atoms with Gasteiger partial charge in [0.1, 0.15) is 5.82 Å². The van der Waals surface area contributed by atoms with Gasteiger partial charge in [0.15, 0.2) is 5.82 Å². The monoisotopic (exact) mass is 262 g/mol. The summed E-state index contributed by atoms with van der Waals surface area (Å²) in [5.41, 5.74) is 8.82. The van der Waals surface area contributed by atoms with Crippen LogP contribution in [0.25, 0.3) is 0 Å². The standard InChI is InChI=1S/C14H19FN4/c1-8(2)13-12(16)14(19(4)18-13)17-11-7-5-6-10(15)9(11)3/h5-8,17H,16H2,1-4H3. The van der Waals surface area contributed by atoms with E-state index in [0.717, 1.165) is 5.69 Å². The highest BCUT2D eigenvalue weighted by molar-refractivity contribution is 5.73. The zero-order valence-corrected chi connectivity index (χ0v) is 11.7. The number of aryl methyl sites for hydroxylation is 1. The Hall–Kier alpha value is -2.04. The van der Waals surface area contributed by atoms with E-state index in [1.165, 1.54) is 6.07 Å². The Morgan fingerprint density at radius 3 is 2.63 bits per heavy atom. The van der Waals surface area contributed by atoms with Gasteiger partial charge in [-0.3, -0.25) is 4.68 Å². The first-order valence-electron chi connectivity index (χ1n) is 6.26. The highest BCUT2D eigenvalue weighted by Gasteiger charge is 2.16. The summed E-state index contributed by atoms with van der Waals surface area (Å²) in [5.74, 6) is 0.697. The molecule has 0 radical (unpaired) electrons. The summed E-state index contributed by atoms with van der Waals surface area (Å²) in [6.45, 7) is 5.80. The maximum absolute atomic E-state index is 13.5. The van der Waals surface area contributed by atoms with Gasteiger partial charge in [0.25, 0.3) is 0 Å². The summed E-state index contributed by atoms with van der Waals surface area (Å²) in [4.78, 5) is 0. The third kappa shape index (κ3) is 2.41. The Balaban J connectivity index is 2.41. The molecule has 0 atom stereocenters. The number of nitrogens with zero attached hydrogens (tertiary/aromatic N) is 2. The molecule has 0 saturated carbocycles. The maximum atomic E-state index is 13.5. The molecule has 19 heavy (non-hydrogen) atoms. The van der Waals surface area contributed by atoms with Crippen molar-refractivity contribution in [2.75, 3.05) is 11.1 Å². The minimum absolute atomic E-state index is 0.241. The van der Waals surface area contributed by atoms with Crippen LogP contribution < -0.4 is 11.1 Å². The number of hydrogen-bond donors (Lipinski definition) is 2. The average molecular weight is 262 g/mol. The largest absolute Gasteiger partial charge is 0.394 e. The van der Waals surface area contributed by atoms with Gasteiger partial charge in [0, 0.05) is 18.3 Å². The van der Waals surface area contributed by atoms with Gasteiger partial charge >= 0.3 is 0 Å². The Kier molecular flexibility index (Phi) is 3.46. The minimum atomic E-state index is -0.241. The Morgan fingerprint density at radius 2 is 2.05 bits per heavy atom. The van der Waals surface area contributed by atoms with Gasteiger partial charge in [-0.1, -0.05) is 19.9 Å². The normalized spacial score (nSPS) is 11.1. The van der Waals surface area contributed by atoms with Crippen molar-refractivity contribution in [3.8, 4) is 0 Å². The lowest BCUT2D eigenvalue weighted by atomic mass is 10.1. The highest BCUT2D eigenvalue weighted by atomic mass is 19.1. The summed E-state index contributed by atoms with van der Waals surface area (Å²) in [7, 11) is 1.82. The lowest BCUT2D eigenvalue weighted by molar-refractivity contribution is 0.619. The van der Waals surface area contributed by atoms with E-state index in [4.69, 9.17) is 5.73 Å². The smallest absolute Gasteiger partial charge is 0.152 e. The number of hydrogen-bond acceptors (Lipinski definition) is 3. The molecule has 0 aliphatic carbocycles. The van der Waals surface area contributed by atoms with Gasteiger partial charge in [-0.05, 0) is 25.0 Å². The average Bonchev–Trinajstić information content (AvgIpc) is 2.63. The van der Waals surface area contributed by atoms with Gasteiger partial charge in [0.05, 0.1) is 11.4 Å². The van der Waals surface area contributed by atoms with Gasteiger partial charge in [0.2, 0.25) is 0 Å². The fraction of sp³-hybridized carbons (Fsp3) is 0.357. The van der Waals surface area contributed by atoms with Crippen molar-refractivity contribution in [1.29, 1.82) is 0 Å². The van der Waals surface area contributed by atoms with Gasteiger partial charge in [-0.15, -0.1) is 0 Å². The molecule has 0 spiro atoms. The van der Waals surface area contributed by atoms with Crippen molar-refractivity contribution >= 4 is 17.2 Å². The molecule has 102 valence electrons. The van der Waals surface area contributed by atoms with Crippen LogP contribution in [0.5, 0.6) is 0 Å². The summed E-state index contributed by atoms with van der Waals surface area (Å²) in [6.07, 6.45) is 0. The van der Waals surface area contributed by atoms with Crippen LogP contribution in [0.2, 0.25) is 0 Å². The van der Waals surface area contributed by atoms with Crippen LogP contribution in [0.4, 0.5) is 21.6 Å². The number of nitrogens with two attached hydrogens (primary N) is 1. The van der Waals surface area contributed by atoms with Crippen LogP contribution in [0.1, 0.15) is 31.0 Å². The molecule has 0 bridgehead atoms. The van der Waals surface area contributed by atoms with Crippen LogP contribution in [-0.2, 0) is 7.05 Å². The highest BCUT2D eigenvalue weighted by Crippen LogP contribution is 2.31. The van der Waals surface area contributed by atoms with Gasteiger partial charge in [-0.2, -0.15) is 5.10 Å². The van der Waals surface area contributed by atoms with E-state index in [-0.39, 0.29) is 11.7 Å². The predicted molar refractivity (Wildman–Crippen MR) is 76.1 cm³/mol. The second-order valence-electron chi connectivity index (χ2n) is 4.96.